The van der Waals surface area contributed by atoms with Crippen molar-refractivity contribution in [1.29, 1.82) is 0 Å². The van der Waals surface area contributed by atoms with Crippen LogP contribution in [0.3, 0.4) is 0 Å². The van der Waals surface area contributed by atoms with Crippen molar-refractivity contribution in [3.8, 4) is 5.69 Å². The third-order valence-corrected chi connectivity index (χ3v) is 6.30. The van der Waals surface area contributed by atoms with Gasteiger partial charge in [-0.25, -0.2) is 14.5 Å². The predicted octanol–water partition coefficient (Wildman–Crippen LogP) is 5.02. The van der Waals surface area contributed by atoms with E-state index >= 15 is 0 Å². The number of rotatable bonds is 6. The molecule has 0 aliphatic rings. The van der Waals surface area contributed by atoms with E-state index in [4.69, 9.17) is 0 Å². The lowest BCUT2D eigenvalue weighted by Gasteiger charge is -2.16. The van der Waals surface area contributed by atoms with Crippen molar-refractivity contribution in [2.45, 2.75) is 33.5 Å². The Morgan fingerprint density at radius 3 is 2.60 bits per heavy atom. The molecule has 13 heteroatoms. The third kappa shape index (κ3) is 5.13. The first kappa shape index (κ1) is 26.5. The highest BCUT2D eigenvalue weighted by molar-refractivity contribution is 6.04. The topological polar surface area (TPSA) is 120 Å². The molecule has 0 saturated carbocycles. The van der Waals surface area contributed by atoms with Crippen LogP contribution >= 0.6 is 0 Å². The molecule has 5 aromatic rings. The van der Waals surface area contributed by atoms with Gasteiger partial charge in [0.1, 0.15) is 5.82 Å². The average Bonchev–Trinajstić information content (AvgIpc) is 3.37. The summed E-state index contributed by atoms with van der Waals surface area (Å²) in [5, 5.41) is 10.4. The van der Waals surface area contributed by atoms with Crippen molar-refractivity contribution in [3.63, 3.8) is 0 Å². The average molecular weight is 549 g/mol. The number of benzene rings is 2. The van der Waals surface area contributed by atoms with Crippen LogP contribution in [0.25, 0.3) is 16.7 Å². The lowest BCUT2D eigenvalue weighted by atomic mass is 10.1. The Kier molecular flexibility index (Phi) is 6.80. The van der Waals surface area contributed by atoms with Crippen LogP contribution in [0.15, 0.2) is 65.7 Å². The van der Waals surface area contributed by atoms with Crippen molar-refractivity contribution in [2.75, 3.05) is 10.6 Å². The lowest BCUT2D eigenvalue weighted by Crippen LogP contribution is -2.25. The number of hydrogen-bond donors (Lipinski definition) is 2. The van der Waals surface area contributed by atoms with Gasteiger partial charge in [0, 0.05) is 35.8 Å². The van der Waals surface area contributed by atoms with E-state index in [0.29, 0.717) is 34.7 Å². The van der Waals surface area contributed by atoms with E-state index in [1.807, 2.05) is 6.92 Å². The highest BCUT2D eigenvalue weighted by Crippen LogP contribution is 2.30. The standard InChI is InChI=1S/C27H23F3N8O2/c1-4-37-22(10-11-32-37)34-25-31-14-20-16(3)38(26(40)36-23(20)35-25)21-13-19(9-8-15(21)2)33-24(39)17-6-5-7-18(12-17)27(28,29)30/h5-14H,4H2,1-3H3,(H,33,39)(H,34,35,36,40). The number of halogens is 3. The van der Waals surface area contributed by atoms with Crippen molar-refractivity contribution in [2.24, 2.45) is 0 Å². The molecule has 0 radical (unpaired) electrons. The molecule has 3 aromatic heterocycles. The monoisotopic (exact) mass is 548 g/mol. The van der Waals surface area contributed by atoms with E-state index in [2.05, 4.69) is 30.7 Å². The number of carbonyl (C=O) groups excluding carboxylic acids is 1. The van der Waals surface area contributed by atoms with Gasteiger partial charge in [0.2, 0.25) is 5.95 Å². The molecule has 0 saturated heterocycles. The number of alkyl halides is 3. The summed E-state index contributed by atoms with van der Waals surface area (Å²) in [6, 6.07) is 10.8. The van der Waals surface area contributed by atoms with Crippen LogP contribution in [0.2, 0.25) is 0 Å². The number of nitrogens with one attached hydrogen (secondary N) is 2. The molecule has 0 aliphatic carbocycles. The van der Waals surface area contributed by atoms with Crippen LogP contribution < -0.4 is 16.3 Å². The molecule has 3 heterocycles. The molecule has 0 bridgehead atoms. The molecule has 0 atom stereocenters. The zero-order valence-electron chi connectivity index (χ0n) is 21.6. The maximum atomic E-state index is 13.2. The minimum atomic E-state index is -4.58. The minimum Gasteiger partial charge on any atom is -0.322 e. The maximum absolute atomic E-state index is 13.2. The van der Waals surface area contributed by atoms with Gasteiger partial charge in [0.05, 0.1) is 22.8 Å². The fourth-order valence-corrected chi connectivity index (χ4v) is 4.24. The summed E-state index contributed by atoms with van der Waals surface area (Å²) in [6.07, 6.45) is -1.37. The zero-order valence-corrected chi connectivity index (χ0v) is 21.6. The van der Waals surface area contributed by atoms with Gasteiger partial charge in [-0.2, -0.15) is 28.2 Å². The molecular weight excluding hydrogens is 525 g/mol. The Bertz CT molecular complexity index is 1810. The van der Waals surface area contributed by atoms with Crippen LogP contribution in [0.4, 0.5) is 30.6 Å². The second-order valence-corrected chi connectivity index (χ2v) is 8.94. The Morgan fingerprint density at radius 1 is 1.05 bits per heavy atom. The number of carbonyl (C=O) groups is 1. The molecule has 0 unspecified atom stereocenters. The summed E-state index contributed by atoms with van der Waals surface area (Å²) < 4.78 is 42.3. The molecule has 1 amide bonds. The van der Waals surface area contributed by atoms with Crippen molar-refractivity contribution >= 4 is 34.4 Å². The molecule has 40 heavy (non-hydrogen) atoms. The van der Waals surface area contributed by atoms with E-state index in [-0.39, 0.29) is 22.8 Å². The summed E-state index contributed by atoms with van der Waals surface area (Å²) in [7, 11) is 0. The summed E-state index contributed by atoms with van der Waals surface area (Å²) >= 11 is 0. The first-order chi connectivity index (χ1) is 19.0. The first-order valence-corrected chi connectivity index (χ1v) is 12.2. The number of hydrogen-bond acceptors (Lipinski definition) is 7. The Labute approximate surface area is 225 Å². The quantitative estimate of drug-likeness (QED) is 0.306. The van der Waals surface area contributed by atoms with Crippen LogP contribution in [0.1, 0.15) is 34.1 Å². The van der Waals surface area contributed by atoms with Gasteiger partial charge in [0.15, 0.2) is 5.65 Å². The molecular formula is C27H23F3N8O2. The van der Waals surface area contributed by atoms with Crippen LogP contribution in [0, 0.1) is 13.8 Å². The van der Waals surface area contributed by atoms with E-state index in [1.54, 1.807) is 55.2 Å². The maximum Gasteiger partial charge on any atom is 0.416 e. The number of aromatic nitrogens is 6. The molecule has 5 rings (SSSR count). The number of aryl methyl sites for hydroxylation is 3. The Morgan fingerprint density at radius 2 is 1.85 bits per heavy atom. The molecule has 10 nitrogen and oxygen atoms in total. The molecule has 204 valence electrons. The second kappa shape index (κ2) is 10.2. The number of amides is 1. The molecule has 0 spiro atoms. The normalized spacial score (nSPS) is 11.6. The number of fused-ring (bicyclic) bond motifs is 1. The van der Waals surface area contributed by atoms with Crippen LogP contribution in [-0.4, -0.2) is 35.2 Å². The van der Waals surface area contributed by atoms with Crippen LogP contribution in [0.5, 0.6) is 0 Å². The lowest BCUT2D eigenvalue weighted by molar-refractivity contribution is -0.137. The van der Waals surface area contributed by atoms with Gasteiger partial charge in [-0.05, 0) is 56.7 Å². The summed E-state index contributed by atoms with van der Waals surface area (Å²) in [5.41, 5.74) is 0.473. The molecule has 2 N–H and O–H groups in total. The van der Waals surface area contributed by atoms with Gasteiger partial charge < -0.3 is 10.6 Å². The fraction of sp³-hybridized carbons (Fsp3) is 0.185. The molecule has 0 fully saturated rings. The van der Waals surface area contributed by atoms with E-state index < -0.39 is 23.3 Å². The number of nitrogens with zero attached hydrogens (tertiary/aromatic N) is 6. The van der Waals surface area contributed by atoms with Gasteiger partial charge in [0.25, 0.3) is 5.91 Å². The van der Waals surface area contributed by atoms with Crippen LogP contribution in [-0.2, 0) is 12.7 Å². The largest absolute Gasteiger partial charge is 0.416 e. The predicted molar refractivity (Wildman–Crippen MR) is 143 cm³/mol. The van der Waals surface area contributed by atoms with Gasteiger partial charge in [-0.3, -0.25) is 9.36 Å². The third-order valence-electron chi connectivity index (χ3n) is 6.30. The highest BCUT2D eigenvalue weighted by Gasteiger charge is 2.31. The highest BCUT2D eigenvalue weighted by atomic mass is 19.4. The van der Waals surface area contributed by atoms with Crippen molar-refractivity contribution < 1.29 is 18.0 Å². The van der Waals surface area contributed by atoms with E-state index in [1.165, 1.54) is 16.7 Å². The first-order valence-electron chi connectivity index (χ1n) is 12.2. The Hall–Kier alpha value is -5.07. The zero-order chi connectivity index (χ0) is 28.6. The van der Waals surface area contributed by atoms with Crippen molar-refractivity contribution in [1.82, 2.24) is 29.3 Å². The van der Waals surface area contributed by atoms with Crippen molar-refractivity contribution in [3.05, 3.63) is 93.8 Å². The molecule has 2 aromatic carbocycles. The number of anilines is 3. The van der Waals surface area contributed by atoms with E-state index in [9.17, 15) is 22.8 Å². The van der Waals surface area contributed by atoms with E-state index in [0.717, 1.165) is 12.1 Å². The molecule has 0 aliphatic heterocycles. The minimum absolute atomic E-state index is 0.152. The van der Waals surface area contributed by atoms with Gasteiger partial charge in [-0.1, -0.05) is 12.1 Å². The summed E-state index contributed by atoms with van der Waals surface area (Å²) in [4.78, 5) is 38.8. The Balaban J connectivity index is 1.47. The smallest absolute Gasteiger partial charge is 0.322 e. The SMILES string of the molecule is CCn1nccc1Nc1ncc2c(C)n(-c3cc(NC(=O)c4cccc(C(F)(F)F)c4)ccc3C)c(=O)nc2n1. The van der Waals surface area contributed by atoms with Gasteiger partial charge >= 0.3 is 11.9 Å². The van der Waals surface area contributed by atoms with Gasteiger partial charge in [-0.15, -0.1) is 0 Å². The fourth-order valence-electron chi connectivity index (χ4n) is 4.24. The summed E-state index contributed by atoms with van der Waals surface area (Å²) in [6.45, 7) is 6.09. The second-order valence-electron chi connectivity index (χ2n) is 8.94. The summed E-state index contributed by atoms with van der Waals surface area (Å²) in [5.74, 6) is 0.216.